The zero-order valence-corrected chi connectivity index (χ0v) is 13.0. The molecule has 0 aliphatic rings. The van der Waals surface area contributed by atoms with Gasteiger partial charge in [0.15, 0.2) is 0 Å². The fraction of sp³-hybridized carbons (Fsp3) is 0.438. The standard InChI is InChI=1S/C16H20F3N3O/c1-11(12(2)22-9-3-8-21-22)20-10-15(23)13-4-6-14(7-5-13)16(17,18)19/h3-9,11-12,15,20,23H,10H2,1-2H3. The van der Waals surface area contributed by atoms with Crippen LogP contribution in [0.25, 0.3) is 0 Å². The molecule has 3 unspecified atom stereocenters. The maximum atomic E-state index is 12.5. The van der Waals surface area contributed by atoms with Crippen molar-refractivity contribution < 1.29 is 18.3 Å². The van der Waals surface area contributed by atoms with Gasteiger partial charge in [-0.2, -0.15) is 18.3 Å². The van der Waals surface area contributed by atoms with Gasteiger partial charge in [0.25, 0.3) is 0 Å². The van der Waals surface area contributed by atoms with Gasteiger partial charge in [-0.05, 0) is 37.6 Å². The van der Waals surface area contributed by atoms with E-state index in [2.05, 4.69) is 10.4 Å². The van der Waals surface area contributed by atoms with Crippen molar-refractivity contribution >= 4 is 0 Å². The van der Waals surface area contributed by atoms with Crippen LogP contribution in [0.5, 0.6) is 0 Å². The number of rotatable bonds is 6. The van der Waals surface area contributed by atoms with Crippen LogP contribution in [0, 0.1) is 0 Å². The van der Waals surface area contributed by atoms with Gasteiger partial charge >= 0.3 is 6.18 Å². The van der Waals surface area contributed by atoms with E-state index in [-0.39, 0.29) is 18.6 Å². The number of halogens is 3. The smallest absolute Gasteiger partial charge is 0.387 e. The molecule has 2 aromatic rings. The molecule has 126 valence electrons. The number of alkyl halides is 3. The predicted octanol–water partition coefficient (Wildman–Crippen LogP) is 3.17. The van der Waals surface area contributed by atoms with E-state index in [1.807, 2.05) is 30.8 Å². The molecule has 0 saturated heterocycles. The summed E-state index contributed by atoms with van der Waals surface area (Å²) in [5, 5.41) is 17.5. The SMILES string of the molecule is CC(NCC(O)c1ccc(C(F)(F)F)cc1)C(C)n1cccn1. The fourth-order valence-electron chi connectivity index (χ4n) is 2.23. The van der Waals surface area contributed by atoms with Crippen molar-refractivity contribution in [2.75, 3.05) is 6.54 Å². The Hall–Kier alpha value is -1.86. The van der Waals surface area contributed by atoms with Gasteiger partial charge < -0.3 is 10.4 Å². The molecule has 0 saturated carbocycles. The van der Waals surface area contributed by atoms with Crippen molar-refractivity contribution in [2.45, 2.75) is 38.2 Å². The van der Waals surface area contributed by atoms with Crippen LogP contribution in [0.3, 0.4) is 0 Å². The van der Waals surface area contributed by atoms with Gasteiger partial charge in [-0.3, -0.25) is 4.68 Å². The Morgan fingerprint density at radius 3 is 2.39 bits per heavy atom. The lowest BCUT2D eigenvalue weighted by molar-refractivity contribution is -0.137. The van der Waals surface area contributed by atoms with Crippen molar-refractivity contribution in [1.29, 1.82) is 0 Å². The molecule has 3 atom stereocenters. The highest BCUT2D eigenvalue weighted by atomic mass is 19.4. The molecule has 2 rings (SSSR count). The molecule has 1 aromatic carbocycles. The highest BCUT2D eigenvalue weighted by Gasteiger charge is 2.30. The van der Waals surface area contributed by atoms with Gasteiger partial charge in [-0.1, -0.05) is 12.1 Å². The van der Waals surface area contributed by atoms with Gasteiger partial charge in [0.05, 0.1) is 17.7 Å². The normalized spacial score (nSPS) is 16.1. The minimum Gasteiger partial charge on any atom is -0.387 e. The van der Waals surface area contributed by atoms with E-state index in [1.165, 1.54) is 12.1 Å². The molecule has 4 nitrogen and oxygen atoms in total. The minimum absolute atomic E-state index is 0.0407. The summed E-state index contributed by atoms with van der Waals surface area (Å²) in [6, 6.07) is 6.53. The van der Waals surface area contributed by atoms with Crippen LogP contribution in [-0.4, -0.2) is 27.5 Å². The Labute approximate surface area is 132 Å². The zero-order chi connectivity index (χ0) is 17.0. The van der Waals surface area contributed by atoms with Gasteiger partial charge in [-0.15, -0.1) is 0 Å². The van der Waals surface area contributed by atoms with Gasteiger partial charge in [-0.25, -0.2) is 0 Å². The van der Waals surface area contributed by atoms with Crippen LogP contribution in [0.1, 0.15) is 37.1 Å². The van der Waals surface area contributed by atoms with Gasteiger partial charge in [0.2, 0.25) is 0 Å². The summed E-state index contributed by atoms with van der Waals surface area (Å²) in [5.41, 5.74) is -0.272. The number of nitrogens with one attached hydrogen (secondary N) is 1. The van der Waals surface area contributed by atoms with Gasteiger partial charge in [0, 0.05) is 25.0 Å². The highest BCUT2D eigenvalue weighted by Crippen LogP contribution is 2.29. The fourth-order valence-corrected chi connectivity index (χ4v) is 2.23. The molecule has 0 radical (unpaired) electrons. The number of aromatic nitrogens is 2. The lowest BCUT2D eigenvalue weighted by atomic mass is 10.1. The molecular formula is C16H20F3N3O. The quantitative estimate of drug-likeness (QED) is 0.857. The van der Waals surface area contributed by atoms with Gasteiger partial charge in [0.1, 0.15) is 0 Å². The van der Waals surface area contributed by atoms with Crippen molar-refractivity contribution in [1.82, 2.24) is 15.1 Å². The van der Waals surface area contributed by atoms with E-state index in [0.29, 0.717) is 5.56 Å². The number of hydrogen-bond donors (Lipinski definition) is 2. The first-order valence-corrected chi connectivity index (χ1v) is 7.36. The third-order valence-electron chi connectivity index (χ3n) is 3.92. The Bertz CT molecular complexity index is 596. The Kier molecular flexibility index (Phi) is 5.43. The summed E-state index contributed by atoms with van der Waals surface area (Å²) in [7, 11) is 0. The molecule has 0 spiro atoms. The highest BCUT2D eigenvalue weighted by molar-refractivity contribution is 5.26. The largest absolute Gasteiger partial charge is 0.416 e. The maximum Gasteiger partial charge on any atom is 0.416 e. The number of hydrogen-bond acceptors (Lipinski definition) is 3. The molecule has 7 heteroatoms. The second kappa shape index (κ2) is 7.14. The summed E-state index contributed by atoms with van der Waals surface area (Å²) in [6.07, 6.45) is -1.69. The van der Waals surface area contributed by atoms with Crippen LogP contribution in [0.15, 0.2) is 42.7 Å². The van der Waals surface area contributed by atoms with Crippen molar-refractivity contribution in [3.8, 4) is 0 Å². The van der Waals surface area contributed by atoms with E-state index in [1.54, 1.807) is 6.20 Å². The van der Waals surface area contributed by atoms with Crippen molar-refractivity contribution in [3.05, 3.63) is 53.9 Å². The summed E-state index contributed by atoms with van der Waals surface area (Å²) < 4.78 is 39.4. The molecule has 2 N–H and O–H groups in total. The molecule has 0 bridgehead atoms. The summed E-state index contributed by atoms with van der Waals surface area (Å²) >= 11 is 0. The summed E-state index contributed by atoms with van der Waals surface area (Å²) in [4.78, 5) is 0. The summed E-state index contributed by atoms with van der Waals surface area (Å²) in [5.74, 6) is 0. The molecule has 0 amide bonds. The van der Waals surface area contributed by atoms with Crippen molar-refractivity contribution in [3.63, 3.8) is 0 Å². The Morgan fingerprint density at radius 2 is 1.87 bits per heavy atom. The zero-order valence-electron chi connectivity index (χ0n) is 13.0. The average molecular weight is 327 g/mol. The molecule has 0 aliphatic carbocycles. The Balaban J connectivity index is 1.90. The summed E-state index contributed by atoms with van der Waals surface area (Å²) in [6.45, 7) is 4.21. The lowest BCUT2D eigenvalue weighted by Gasteiger charge is -2.23. The van der Waals surface area contributed by atoms with E-state index < -0.39 is 17.8 Å². The number of aliphatic hydroxyl groups is 1. The first-order chi connectivity index (χ1) is 10.8. The maximum absolute atomic E-state index is 12.5. The van der Waals surface area contributed by atoms with E-state index >= 15 is 0 Å². The first-order valence-electron chi connectivity index (χ1n) is 7.36. The minimum atomic E-state index is -4.37. The number of aliphatic hydroxyl groups excluding tert-OH is 1. The number of benzene rings is 1. The molecule has 23 heavy (non-hydrogen) atoms. The molecule has 1 heterocycles. The lowest BCUT2D eigenvalue weighted by Crippen LogP contribution is -2.36. The average Bonchev–Trinajstić information content (AvgIpc) is 3.05. The third kappa shape index (κ3) is 4.56. The monoisotopic (exact) mass is 327 g/mol. The predicted molar refractivity (Wildman–Crippen MR) is 80.8 cm³/mol. The first kappa shape index (κ1) is 17.5. The Morgan fingerprint density at radius 1 is 1.22 bits per heavy atom. The second-order valence-corrected chi connectivity index (χ2v) is 5.56. The molecule has 1 aromatic heterocycles. The van der Waals surface area contributed by atoms with Crippen LogP contribution in [-0.2, 0) is 6.18 Å². The van der Waals surface area contributed by atoms with Crippen LogP contribution < -0.4 is 5.32 Å². The molecular weight excluding hydrogens is 307 g/mol. The van der Waals surface area contributed by atoms with E-state index in [0.717, 1.165) is 12.1 Å². The molecule has 0 aliphatic heterocycles. The van der Waals surface area contributed by atoms with Crippen LogP contribution in [0.2, 0.25) is 0 Å². The second-order valence-electron chi connectivity index (χ2n) is 5.56. The van der Waals surface area contributed by atoms with Crippen LogP contribution in [0.4, 0.5) is 13.2 Å². The van der Waals surface area contributed by atoms with E-state index in [4.69, 9.17) is 0 Å². The van der Waals surface area contributed by atoms with E-state index in [9.17, 15) is 18.3 Å². The van der Waals surface area contributed by atoms with Crippen LogP contribution >= 0.6 is 0 Å². The topological polar surface area (TPSA) is 50.1 Å². The third-order valence-corrected chi connectivity index (χ3v) is 3.92. The number of nitrogens with zero attached hydrogens (tertiary/aromatic N) is 2. The molecule has 0 fully saturated rings. The van der Waals surface area contributed by atoms with Crippen molar-refractivity contribution in [2.24, 2.45) is 0 Å².